The maximum atomic E-state index is 13.7. The first-order chi connectivity index (χ1) is 16.0. The van der Waals surface area contributed by atoms with Gasteiger partial charge in [0.1, 0.15) is 6.61 Å². The molecule has 8 nitrogen and oxygen atoms in total. The van der Waals surface area contributed by atoms with Gasteiger partial charge in [0.05, 0.1) is 18.8 Å². The number of nitrogens with zero attached hydrogens (tertiary/aromatic N) is 2. The Hall–Kier alpha value is -2.80. The molecule has 0 unspecified atom stereocenters. The van der Waals surface area contributed by atoms with Crippen LogP contribution in [-0.4, -0.2) is 67.7 Å². The zero-order chi connectivity index (χ0) is 25.0. The maximum Gasteiger partial charge on any atom is 0.401 e. The van der Waals surface area contributed by atoms with Crippen molar-refractivity contribution in [2.75, 3.05) is 43.1 Å². The molecule has 3 rings (SSSR count). The average Bonchev–Trinajstić information content (AvgIpc) is 2.69. The van der Waals surface area contributed by atoms with Crippen LogP contribution in [0.4, 0.5) is 33.3 Å². The fourth-order valence-electron chi connectivity index (χ4n) is 4.01. The molecular weight excluding hydrogens is 467 g/mol. The smallest absolute Gasteiger partial charge is 0.370 e. The van der Waals surface area contributed by atoms with Gasteiger partial charge in [0, 0.05) is 24.3 Å². The maximum absolute atomic E-state index is 13.7. The van der Waals surface area contributed by atoms with Gasteiger partial charge in [-0.2, -0.15) is 13.2 Å². The van der Waals surface area contributed by atoms with E-state index in [2.05, 4.69) is 5.32 Å². The number of anilines is 2. The summed E-state index contributed by atoms with van der Waals surface area (Å²) in [5, 5.41) is 2.23. The van der Waals surface area contributed by atoms with E-state index in [9.17, 15) is 36.3 Å². The lowest BCUT2D eigenvalue weighted by Gasteiger charge is -2.35. The van der Waals surface area contributed by atoms with Crippen molar-refractivity contribution in [2.45, 2.75) is 37.9 Å². The van der Waals surface area contributed by atoms with E-state index in [0.29, 0.717) is 17.7 Å². The molecule has 1 aliphatic carbocycles. The number of hydrogen-bond acceptors (Lipinski definition) is 5. The van der Waals surface area contributed by atoms with Gasteiger partial charge in [0.25, 0.3) is 18.2 Å². The monoisotopic (exact) mass is 492 g/mol. The van der Waals surface area contributed by atoms with Crippen molar-refractivity contribution in [2.24, 2.45) is 11.7 Å². The Morgan fingerprint density at radius 2 is 1.97 bits per heavy atom. The van der Waals surface area contributed by atoms with E-state index >= 15 is 0 Å². The van der Waals surface area contributed by atoms with Crippen LogP contribution in [0.3, 0.4) is 0 Å². The van der Waals surface area contributed by atoms with Crippen LogP contribution in [0.25, 0.3) is 0 Å². The molecule has 3 amide bonds. The first-order valence-corrected chi connectivity index (χ1v) is 10.7. The molecule has 1 atom stereocenters. The SMILES string of the molecule is NC(=O)[C@@H](C(=O)Nc1ccc(N2CCOCC2=O)c(C(F)F)c1)N(CC1CCC1)CC(F)(F)F. The van der Waals surface area contributed by atoms with Crippen LogP contribution in [0.1, 0.15) is 31.3 Å². The highest BCUT2D eigenvalue weighted by Crippen LogP contribution is 2.34. The minimum atomic E-state index is -4.69. The number of amides is 3. The second-order valence-electron chi connectivity index (χ2n) is 8.31. The Balaban J connectivity index is 1.83. The predicted molar refractivity (Wildman–Crippen MR) is 111 cm³/mol. The molecule has 1 saturated carbocycles. The van der Waals surface area contributed by atoms with Crippen molar-refractivity contribution in [1.82, 2.24) is 4.90 Å². The molecule has 0 bridgehead atoms. The molecule has 1 aliphatic heterocycles. The summed E-state index contributed by atoms with van der Waals surface area (Å²) < 4.78 is 71.9. The number of primary amides is 1. The second kappa shape index (κ2) is 10.6. The summed E-state index contributed by atoms with van der Waals surface area (Å²) >= 11 is 0. The van der Waals surface area contributed by atoms with E-state index in [1.807, 2.05) is 0 Å². The van der Waals surface area contributed by atoms with Gasteiger partial charge in [0.2, 0.25) is 5.91 Å². The number of nitrogens with two attached hydrogens (primary N) is 1. The van der Waals surface area contributed by atoms with Crippen molar-refractivity contribution >= 4 is 29.1 Å². The van der Waals surface area contributed by atoms with Crippen LogP contribution < -0.4 is 16.0 Å². The number of ether oxygens (including phenoxy) is 1. The second-order valence-corrected chi connectivity index (χ2v) is 8.31. The molecule has 1 aromatic rings. The average molecular weight is 492 g/mol. The fourth-order valence-corrected chi connectivity index (χ4v) is 4.01. The molecular formula is C21H25F5N4O4. The van der Waals surface area contributed by atoms with Gasteiger partial charge in [-0.05, 0) is 37.0 Å². The van der Waals surface area contributed by atoms with Gasteiger partial charge in [-0.25, -0.2) is 8.78 Å². The number of rotatable bonds is 9. The molecule has 2 fully saturated rings. The zero-order valence-corrected chi connectivity index (χ0v) is 18.1. The predicted octanol–water partition coefficient (Wildman–Crippen LogP) is 2.44. The summed E-state index contributed by atoms with van der Waals surface area (Å²) in [4.78, 5) is 38.6. The van der Waals surface area contributed by atoms with E-state index in [0.717, 1.165) is 17.4 Å². The van der Waals surface area contributed by atoms with E-state index in [-0.39, 0.29) is 43.6 Å². The quantitative estimate of drug-likeness (QED) is 0.407. The molecule has 1 saturated heterocycles. The summed E-state index contributed by atoms with van der Waals surface area (Å²) in [6.07, 6.45) is -5.53. The van der Waals surface area contributed by atoms with Crippen LogP contribution in [-0.2, 0) is 19.1 Å². The van der Waals surface area contributed by atoms with Crippen molar-refractivity contribution in [3.05, 3.63) is 23.8 Å². The van der Waals surface area contributed by atoms with Crippen molar-refractivity contribution < 1.29 is 41.1 Å². The summed E-state index contributed by atoms with van der Waals surface area (Å²) in [5.41, 5.74) is 4.46. The molecule has 13 heteroatoms. The number of nitrogens with one attached hydrogen (secondary N) is 1. The third kappa shape index (κ3) is 6.41. The van der Waals surface area contributed by atoms with Gasteiger partial charge < -0.3 is 20.7 Å². The molecule has 34 heavy (non-hydrogen) atoms. The number of alkyl halides is 5. The first kappa shape index (κ1) is 25.8. The number of halogens is 5. The Morgan fingerprint density at radius 1 is 1.26 bits per heavy atom. The largest absolute Gasteiger partial charge is 0.401 e. The highest BCUT2D eigenvalue weighted by Gasteiger charge is 2.41. The summed E-state index contributed by atoms with van der Waals surface area (Å²) in [7, 11) is 0. The zero-order valence-electron chi connectivity index (χ0n) is 18.1. The van der Waals surface area contributed by atoms with E-state index < -0.39 is 48.5 Å². The Bertz CT molecular complexity index is 923. The summed E-state index contributed by atoms with van der Waals surface area (Å²) in [5.74, 6) is -3.07. The molecule has 1 aromatic carbocycles. The van der Waals surface area contributed by atoms with Crippen molar-refractivity contribution in [3.63, 3.8) is 0 Å². The third-order valence-electron chi connectivity index (χ3n) is 5.79. The molecule has 0 aromatic heterocycles. The number of carbonyl (C=O) groups is 3. The lowest BCUT2D eigenvalue weighted by Crippen LogP contribution is -2.56. The van der Waals surface area contributed by atoms with Gasteiger partial charge in [-0.1, -0.05) is 6.42 Å². The lowest BCUT2D eigenvalue weighted by atomic mass is 9.84. The normalized spacial score (nSPS) is 18.2. The lowest BCUT2D eigenvalue weighted by molar-refractivity contribution is -0.159. The van der Waals surface area contributed by atoms with Gasteiger partial charge in [-0.3, -0.25) is 19.3 Å². The Morgan fingerprint density at radius 3 is 2.50 bits per heavy atom. The number of carbonyl (C=O) groups excluding carboxylic acids is 3. The summed E-state index contributed by atoms with van der Waals surface area (Å²) in [6.45, 7) is -1.73. The van der Waals surface area contributed by atoms with Crippen molar-refractivity contribution in [3.8, 4) is 0 Å². The Labute approximate surface area is 192 Å². The number of morpholine rings is 1. The van der Waals surface area contributed by atoms with Crippen LogP contribution >= 0.6 is 0 Å². The van der Waals surface area contributed by atoms with Crippen molar-refractivity contribution in [1.29, 1.82) is 0 Å². The van der Waals surface area contributed by atoms with E-state index in [1.165, 1.54) is 12.1 Å². The first-order valence-electron chi connectivity index (χ1n) is 10.7. The van der Waals surface area contributed by atoms with Gasteiger partial charge in [-0.15, -0.1) is 0 Å². The van der Waals surface area contributed by atoms with Gasteiger partial charge >= 0.3 is 6.18 Å². The summed E-state index contributed by atoms with van der Waals surface area (Å²) in [6, 6.07) is 1.39. The van der Waals surface area contributed by atoms with Gasteiger partial charge in [0.15, 0.2) is 6.04 Å². The Kier molecular flexibility index (Phi) is 8.08. The molecule has 0 spiro atoms. The third-order valence-corrected chi connectivity index (χ3v) is 5.79. The topological polar surface area (TPSA) is 105 Å². The fraction of sp³-hybridized carbons (Fsp3) is 0.571. The van der Waals surface area contributed by atoms with Crippen LogP contribution in [0.5, 0.6) is 0 Å². The molecule has 2 aliphatic rings. The molecule has 0 radical (unpaired) electrons. The highest BCUT2D eigenvalue weighted by molar-refractivity contribution is 6.09. The van der Waals surface area contributed by atoms with E-state index in [1.54, 1.807) is 0 Å². The number of hydrogen-bond donors (Lipinski definition) is 2. The molecule has 188 valence electrons. The minimum absolute atomic E-state index is 0.0571. The highest BCUT2D eigenvalue weighted by atomic mass is 19.4. The van der Waals surface area contributed by atoms with Crippen LogP contribution in [0.2, 0.25) is 0 Å². The number of benzene rings is 1. The van der Waals surface area contributed by atoms with Crippen LogP contribution in [0, 0.1) is 5.92 Å². The molecule has 1 heterocycles. The van der Waals surface area contributed by atoms with E-state index in [4.69, 9.17) is 10.5 Å². The standard InChI is InChI=1S/C21H25F5N4O4/c22-18(23)14-8-13(4-5-15(14)30-6-7-34-10-16(30)31)28-20(33)17(19(27)32)29(11-21(24,25)26)9-12-2-1-3-12/h4-5,8,12,17-18H,1-3,6-7,9-11H2,(H2,27,32)(H,28,33)/t17-/m0/s1. The minimum Gasteiger partial charge on any atom is -0.370 e. The molecule has 3 N–H and O–H groups in total. The van der Waals surface area contributed by atoms with Crippen LogP contribution in [0.15, 0.2) is 18.2 Å².